The van der Waals surface area contributed by atoms with Gasteiger partial charge in [-0.2, -0.15) is 34.2 Å². The van der Waals surface area contributed by atoms with Gasteiger partial charge in [-0.05, 0) is 18.2 Å². The van der Waals surface area contributed by atoms with E-state index in [1.54, 1.807) is 0 Å². The van der Waals surface area contributed by atoms with Gasteiger partial charge in [0.05, 0.1) is 22.5 Å². The predicted molar refractivity (Wildman–Crippen MR) is 76.9 cm³/mol. The molecule has 0 bridgehead atoms. The Labute approximate surface area is 139 Å². The van der Waals surface area contributed by atoms with E-state index in [2.05, 4.69) is 5.10 Å². The third-order valence-corrected chi connectivity index (χ3v) is 2.75. The monoisotopic (exact) mass is 348 g/mol. The van der Waals surface area contributed by atoms with Crippen molar-refractivity contribution in [1.29, 1.82) is 21.0 Å². The van der Waals surface area contributed by atoms with Gasteiger partial charge >= 0.3 is 6.18 Å². The zero-order valence-corrected chi connectivity index (χ0v) is 12.3. The lowest BCUT2D eigenvalue weighted by atomic mass is 10.2. The van der Waals surface area contributed by atoms with Gasteiger partial charge < -0.3 is 0 Å². The molecule has 24 heavy (non-hydrogen) atoms. The van der Waals surface area contributed by atoms with Crippen LogP contribution < -0.4 is 5.01 Å². The van der Waals surface area contributed by atoms with Crippen molar-refractivity contribution in [3.8, 4) is 24.3 Å². The van der Waals surface area contributed by atoms with Gasteiger partial charge in [0.15, 0.2) is 0 Å². The Morgan fingerprint density at radius 3 is 2.12 bits per heavy atom. The fraction of sp³-hybridized carbons (Fsp3) is 0.0714. The quantitative estimate of drug-likeness (QED) is 0.471. The van der Waals surface area contributed by atoms with Crippen LogP contribution in [0.2, 0.25) is 5.02 Å². The van der Waals surface area contributed by atoms with E-state index >= 15 is 0 Å². The number of hydrogen-bond acceptors (Lipinski definition) is 6. The van der Waals surface area contributed by atoms with Crippen LogP contribution in [-0.4, -0.2) is 5.71 Å². The molecule has 0 atom stereocenters. The molecule has 0 aliphatic carbocycles. The third kappa shape index (κ3) is 4.48. The number of anilines is 1. The van der Waals surface area contributed by atoms with Crippen molar-refractivity contribution < 1.29 is 13.2 Å². The van der Waals surface area contributed by atoms with E-state index in [-0.39, 0.29) is 10.7 Å². The van der Waals surface area contributed by atoms with Crippen molar-refractivity contribution in [2.24, 2.45) is 5.10 Å². The number of allylic oxidation sites excluding steroid dienone is 1. The molecule has 118 valence electrons. The average molecular weight is 349 g/mol. The summed E-state index contributed by atoms with van der Waals surface area (Å²) in [4.78, 5) is 0. The molecule has 0 unspecified atom stereocenters. The van der Waals surface area contributed by atoms with E-state index in [0.717, 1.165) is 18.3 Å². The highest BCUT2D eigenvalue weighted by Crippen LogP contribution is 2.35. The van der Waals surface area contributed by atoms with Gasteiger partial charge in [-0.1, -0.05) is 11.6 Å². The number of nitrogens with zero attached hydrogens (tertiary/aromatic N) is 6. The fourth-order valence-electron chi connectivity index (χ4n) is 1.40. The minimum absolute atomic E-state index is 0.201. The minimum Gasteiger partial charge on any atom is -0.235 e. The Kier molecular flexibility index (Phi) is 5.90. The summed E-state index contributed by atoms with van der Waals surface area (Å²) in [5.74, 6) is 0. The molecule has 0 saturated carbocycles. The summed E-state index contributed by atoms with van der Waals surface area (Å²) in [7, 11) is 0. The normalized spacial score (nSPS) is 9.50. The van der Waals surface area contributed by atoms with Crippen LogP contribution >= 0.6 is 11.6 Å². The first kappa shape index (κ1) is 18.5. The number of benzene rings is 1. The van der Waals surface area contributed by atoms with E-state index in [9.17, 15) is 13.2 Å². The number of alkyl halides is 3. The van der Waals surface area contributed by atoms with Gasteiger partial charge in [-0.25, -0.2) is 5.01 Å². The molecule has 0 aromatic heterocycles. The number of hydrazone groups is 1. The third-order valence-electron chi connectivity index (χ3n) is 2.43. The van der Waals surface area contributed by atoms with E-state index in [4.69, 9.17) is 32.6 Å². The molecular formula is C14H4ClF3N6. The number of halogens is 4. The Morgan fingerprint density at radius 2 is 1.67 bits per heavy atom. The van der Waals surface area contributed by atoms with Crippen LogP contribution in [0.4, 0.5) is 18.9 Å². The Bertz CT molecular complexity index is 800. The highest BCUT2D eigenvalue weighted by molar-refractivity contribution is 6.33. The molecule has 0 saturated heterocycles. The van der Waals surface area contributed by atoms with Crippen LogP contribution in [0.3, 0.4) is 0 Å². The molecule has 0 spiro atoms. The highest BCUT2D eigenvalue weighted by atomic mass is 35.5. The molecule has 0 N–H and O–H groups in total. The van der Waals surface area contributed by atoms with Crippen LogP contribution in [0.1, 0.15) is 5.56 Å². The number of nitriles is 4. The first-order valence-corrected chi connectivity index (χ1v) is 6.21. The fourth-order valence-corrected chi connectivity index (χ4v) is 1.60. The number of hydrogen-bond donors (Lipinski definition) is 0. The first-order chi connectivity index (χ1) is 11.3. The number of rotatable bonds is 3. The summed E-state index contributed by atoms with van der Waals surface area (Å²) in [5, 5.41) is 38.9. The zero-order valence-electron chi connectivity index (χ0n) is 11.5. The minimum atomic E-state index is -4.68. The van der Waals surface area contributed by atoms with Crippen LogP contribution in [0.5, 0.6) is 0 Å². The lowest BCUT2D eigenvalue weighted by molar-refractivity contribution is -0.137. The van der Waals surface area contributed by atoms with E-state index < -0.39 is 23.0 Å². The topological polar surface area (TPSA) is 111 Å². The van der Waals surface area contributed by atoms with Gasteiger partial charge in [0.25, 0.3) is 0 Å². The summed E-state index contributed by atoms with van der Waals surface area (Å²) in [6.07, 6.45) is -3.92. The largest absolute Gasteiger partial charge is 0.416 e. The summed E-state index contributed by atoms with van der Waals surface area (Å²) in [5.41, 5.74) is -2.67. The molecule has 0 fully saturated rings. The molecule has 0 aliphatic rings. The van der Waals surface area contributed by atoms with Crippen LogP contribution in [0, 0.1) is 45.3 Å². The van der Waals surface area contributed by atoms with E-state index in [1.165, 1.54) is 24.3 Å². The van der Waals surface area contributed by atoms with Crippen molar-refractivity contribution in [3.63, 3.8) is 0 Å². The van der Waals surface area contributed by atoms with Crippen molar-refractivity contribution >= 4 is 23.0 Å². The van der Waals surface area contributed by atoms with Crippen molar-refractivity contribution in [2.45, 2.75) is 6.18 Å². The van der Waals surface area contributed by atoms with Gasteiger partial charge in [0.2, 0.25) is 5.71 Å². The van der Waals surface area contributed by atoms with Crippen molar-refractivity contribution in [2.75, 3.05) is 5.01 Å². The average Bonchev–Trinajstić information content (AvgIpc) is 2.55. The van der Waals surface area contributed by atoms with Gasteiger partial charge in [-0.3, -0.25) is 0 Å². The highest BCUT2D eigenvalue weighted by Gasteiger charge is 2.31. The summed E-state index contributed by atoms with van der Waals surface area (Å²) >= 11 is 5.84. The van der Waals surface area contributed by atoms with E-state index in [1.807, 2.05) is 0 Å². The second kappa shape index (κ2) is 7.65. The maximum Gasteiger partial charge on any atom is 0.416 e. The van der Waals surface area contributed by atoms with Crippen LogP contribution in [-0.2, 0) is 6.18 Å². The smallest absolute Gasteiger partial charge is 0.235 e. The van der Waals surface area contributed by atoms with Crippen molar-refractivity contribution in [1.82, 2.24) is 0 Å². The summed E-state index contributed by atoms with van der Waals surface area (Å²) in [6, 6.07) is 8.07. The standard InChI is InChI=1S/C14H4ClF3N6/c15-12-2-1-10(14(16,17)18)3-13(12)24(8-9(4-19)5-20)23-11(6-21)7-22/h1-3,8H. The first-order valence-electron chi connectivity index (χ1n) is 5.83. The van der Waals surface area contributed by atoms with Gasteiger partial charge in [-0.15, -0.1) is 5.10 Å². The second-order valence-corrected chi connectivity index (χ2v) is 4.35. The lowest BCUT2D eigenvalue weighted by Gasteiger charge is -2.17. The van der Waals surface area contributed by atoms with Gasteiger partial charge in [0.1, 0.15) is 29.8 Å². The predicted octanol–water partition coefficient (Wildman–Crippen LogP) is 3.50. The van der Waals surface area contributed by atoms with E-state index in [0.29, 0.717) is 11.1 Å². The maximum atomic E-state index is 12.8. The molecule has 0 amide bonds. The molecule has 0 aliphatic heterocycles. The molecule has 1 aromatic carbocycles. The molecule has 1 aromatic rings. The van der Waals surface area contributed by atoms with Crippen LogP contribution in [0.25, 0.3) is 0 Å². The molecule has 1 rings (SSSR count). The maximum absolute atomic E-state index is 12.8. The Morgan fingerprint density at radius 1 is 1.08 bits per heavy atom. The lowest BCUT2D eigenvalue weighted by Crippen LogP contribution is -2.14. The van der Waals surface area contributed by atoms with Crippen LogP contribution in [0.15, 0.2) is 35.1 Å². The summed E-state index contributed by atoms with van der Waals surface area (Å²) < 4.78 is 38.5. The molecule has 6 nitrogen and oxygen atoms in total. The van der Waals surface area contributed by atoms with Crippen molar-refractivity contribution in [3.05, 3.63) is 40.6 Å². The summed E-state index contributed by atoms with van der Waals surface area (Å²) in [6.45, 7) is 0. The van der Waals surface area contributed by atoms with Gasteiger partial charge in [0, 0.05) is 0 Å². The zero-order chi connectivity index (χ0) is 18.3. The molecule has 0 radical (unpaired) electrons. The SMILES string of the molecule is N#CC(C#N)=CN(N=C(C#N)C#N)c1cc(C(F)(F)F)ccc1Cl. The molecule has 10 heteroatoms. The molecule has 0 heterocycles. The second-order valence-electron chi connectivity index (χ2n) is 3.95. The Balaban J connectivity index is 3.64. The molecular weight excluding hydrogens is 345 g/mol. The Hall–Kier alpha value is -3.53.